The van der Waals surface area contributed by atoms with Gasteiger partial charge in [0.1, 0.15) is 23.1 Å². The van der Waals surface area contributed by atoms with Crippen LogP contribution in [0.15, 0.2) is 36.4 Å². The van der Waals surface area contributed by atoms with Crippen molar-refractivity contribution in [3.05, 3.63) is 59.2 Å². The number of aryl methyl sites for hydroxylation is 2. The van der Waals surface area contributed by atoms with Crippen molar-refractivity contribution < 1.29 is 52.0 Å². The zero-order chi connectivity index (χ0) is 26.9. The van der Waals surface area contributed by atoms with Gasteiger partial charge in [-0.1, -0.05) is 0 Å². The number of esters is 2. The van der Waals surface area contributed by atoms with Crippen molar-refractivity contribution in [1.29, 1.82) is 0 Å². The lowest BCUT2D eigenvalue weighted by molar-refractivity contribution is -0.238. The first-order valence-electron chi connectivity index (χ1n) is 11.6. The lowest BCUT2D eigenvalue weighted by atomic mass is 9.92. The van der Waals surface area contributed by atoms with Gasteiger partial charge in [0.15, 0.2) is 18.0 Å². The number of ether oxygens (including phenoxy) is 4. The Morgan fingerprint density at radius 2 is 1.30 bits per heavy atom. The number of rotatable bonds is 3. The van der Waals surface area contributed by atoms with Gasteiger partial charge in [0.25, 0.3) is 5.79 Å². The van der Waals surface area contributed by atoms with Gasteiger partial charge in [-0.15, -0.1) is 0 Å². The maximum absolute atomic E-state index is 13.2. The van der Waals surface area contributed by atoms with Gasteiger partial charge in [0.05, 0.1) is 0 Å². The van der Waals surface area contributed by atoms with Crippen LogP contribution in [0, 0.1) is 17.6 Å². The van der Waals surface area contributed by atoms with Gasteiger partial charge in [0.2, 0.25) is 5.92 Å². The minimum Gasteiger partial charge on any atom is -0.482 e. The average Bonchev–Trinajstić information content (AvgIpc) is 2.82. The molecule has 1 saturated heterocycles. The highest BCUT2D eigenvalue weighted by atomic mass is 19.1. The van der Waals surface area contributed by atoms with Crippen molar-refractivity contribution in [3.8, 4) is 11.5 Å². The molecule has 0 amide bonds. The predicted octanol–water partition coefficient (Wildman–Crippen LogP) is 3.14. The summed E-state index contributed by atoms with van der Waals surface area (Å²) in [6.07, 6.45) is -0.176. The molecule has 37 heavy (non-hydrogen) atoms. The van der Waals surface area contributed by atoms with Crippen LogP contribution >= 0.6 is 0 Å². The molecule has 11 heteroatoms. The zero-order valence-corrected chi connectivity index (χ0v) is 20.0. The van der Waals surface area contributed by atoms with Crippen molar-refractivity contribution in [2.24, 2.45) is 5.92 Å². The highest BCUT2D eigenvalue weighted by Crippen LogP contribution is 2.32. The number of carbonyl (C=O) groups excluding carboxylic acids is 3. The molecule has 1 N–H and O–H groups in total. The Balaban J connectivity index is 0.000000195. The first-order valence-corrected chi connectivity index (χ1v) is 11.6. The van der Waals surface area contributed by atoms with Crippen molar-refractivity contribution in [2.75, 3.05) is 0 Å². The van der Waals surface area contributed by atoms with Crippen LogP contribution in [0.4, 0.5) is 8.78 Å². The molecule has 196 valence electrons. The van der Waals surface area contributed by atoms with Gasteiger partial charge in [-0.05, 0) is 73.2 Å². The van der Waals surface area contributed by atoms with Crippen LogP contribution in [0.25, 0.3) is 0 Å². The van der Waals surface area contributed by atoms with Crippen LogP contribution in [-0.4, -0.2) is 46.8 Å². The first kappa shape index (κ1) is 26.1. The molecule has 0 bridgehead atoms. The topological polar surface area (TPSA) is 125 Å². The van der Waals surface area contributed by atoms with E-state index in [2.05, 4.69) is 0 Å². The molecular weight excluding hydrogens is 494 g/mol. The second-order valence-electron chi connectivity index (χ2n) is 9.21. The fraction of sp³-hybridized carbons (Fsp3) is 0.385. The van der Waals surface area contributed by atoms with Crippen LogP contribution in [0.5, 0.6) is 11.5 Å². The molecule has 3 heterocycles. The number of hydrogen-bond donors (Lipinski definition) is 1. The number of carboxylic acid groups (broad SMARTS) is 1. The second kappa shape index (κ2) is 10.2. The lowest BCUT2D eigenvalue weighted by Crippen LogP contribution is -2.52. The van der Waals surface area contributed by atoms with E-state index in [1.165, 1.54) is 50.2 Å². The molecule has 2 atom stereocenters. The van der Waals surface area contributed by atoms with Crippen LogP contribution in [0.3, 0.4) is 0 Å². The number of carboxylic acids is 1. The summed E-state index contributed by atoms with van der Waals surface area (Å²) in [5.74, 6) is -6.45. The van der Waals surface area contributed by atoms with E-state index in [0.717, 1.165) is 5.56 Å². The van der Waals surface area contributed by atoms with E-state index in [1.54, 1.807) is 0 Å². The van der Waals surface area contributed by atoms with Gasteiger partial charge < -0.3 is 24.1 Å². The summed E-state index contributed by atoms with van der Waals surface area (Å²) < 4.78 is 46.5. The van der Waals surface area contributed by atoms with Crippen LogP contribution < -0.4 is 9.47 Å². The van der Waals surface area contributed by atoms with E-state index in [9.17, 15) is 28.0 Å². The fourth-order valence-electron chi connectivity index (χ4n) is 4.23. The summed E-state index contributed by atoms with van der Waals surface area (Å²) in [5, 5.41) is 8.72. The molecule has 1 fully saturated rings. The Kier molecular flexibility index (Phi) is 7.15. The number of halogens is 2. The largest absolute Gasteiger partial charge is 0.482 e. The maximum atomic E-state index is 13.2. The standard InChI is InChI=1S/C16H15FO6.C10H9FO3/c1-16(2)22-14(19)12(15(20)23-16)13(18)11-5-3-8-7-9(17)4-6-10(8)21-11;11-7-2-4-8-6(5-7)1-3-9(14-8)10(12)13/h4,6-7,11-12H,3,5H2,1-2H3;2,4-5,9H,1,3H2,(H,12,13). The van der Waals surface area contributed by atoms with Crippen molar-refractivity contribution in [2.45, 2.75) is 57.5 Å². The Labute approximate surface area is 210 Å². The molecule has 0 spiro atoms. The van der Waals surface area contributed by atoms with Crippen molar-refractivity contribution in [3.63, 3.8) is 0 Å². The SMILES string of the molecule is CC1(C)OC(=O)C(C(=O)C2CCc3cc(F)ccc3O2)C(=O)O1.O=C(O)C1CCc2cc(F)ccc2O1. The van der Waals surface area contributed by atoms with Gasteiger partial charge in [0, 0.05) is 13.8 Å². The predicted molar refractivity (Wildman–Crippen MR) is 121 cm³/mol. The normalized spacial score (nSPS) is 21.9. The van der Waals surface area contributed by atoms with E-state index in [0.29, 0.717) is 36.3 Å². The Hall–Kier alpha value is -4.02. The van der Waals surface area contributed by atoms with Gasteiger partial charge >= 0.3 is 17.9 Å². The van der Waals surface area contributed by atoms with E-state index < -0.39 is 53.4 Å². The molecule has 9 nitrogen and oxygen atoms in total. The highest BCUT2D eigenvalue weighted by Gasteiger charge is 2.50. The van der Waals surface area contributed by atoms with Gasteiger partial charge in [-0.2, -0.15) is 0 Å². The van der Waals surface area contributed by atoms with Crippen molar-refractivity contribution >= 4 is 23.7 Å². The molecule has 2 unspecified atom stereocenters. The quantitative estimate of drug-likeness (QED) is 0.482. The Bertz CT molecular complexity index is 1240. The smallest absolute Gasteiger partial charge is 0.344 e. The summed E-state index contributed by atoms with van der Waals surface area (Å²) in [4.78, 5) is 47.0. The van der Waals surface area contributed by atoms with E-state index in [-0.39, 0.29) is 12.2 Å². The number of carbonyl (C=O) groups is 4. The molecule has 5 rings (SSSR count). The first-order chi connectivity index (χ1) is 17.4. The molecule has 0 aliphatic carbocycles. The molecular formula is C26H24F2O9. The summed E-state index contributed by atoms with van der Waals surface area (Å²) >= 11 is 0. The summed E-state index contributed by atoms with van der Waals surface area (Å²) in [7, 11) is 0. The second-order valence-corrected chi connectivity index (χ2v) is 9.21. The summed E-state index contributed by atoms with van der Waals surface area (Å²) in [6.45, 7) is 2.82. The van der Waals surface area contributed by atoms with Crippen LogP contribution in [0.2, 0.25) is 0 Å². The lowest BCUT2D eigenvalue weighted by Gasteiger charge is -2.34. The molecule has 3 aliphatic heterocycles. The molecule has 2 aromatic rings. The minimum atomic E-state index is -1.64. The highest BCUT2D eigenvalue weighted by molar-refractivity contribution is 6.17. The molecule has 0 aromatic heterocycles. The number of fused-ring (bicyclic) bond motifs is 2. The Morgan fingerprint density at radius 1 is 0.838 bits per heavy atom. The summed E-state index contributed by atoms with van der Waals surface area (Å²) in [5.41, 5.74) is 1.38. The zero-order valence-electron chi connectivity index (χ0n) is 20.0. The third kappa shape index (κ3) is 5.87. The summed E-state index contributed by atoms with van der Waals surface area (Å²) in [6, 6.07) is 8.10. The minimum absolute atomic E-state index is 0.246. The fourth-order valence-corrected chi connectivity index (χ4v) is 4.23. The molecule has 0 saturated carbocycles. The number of ketones is 1. The number of aliphatic carboxylic acids is 1. The number of cyclic esters (lactones) is 2. The van der Waals surface area contributed by atoms with E-state index >= 15 is 0 Å². The molecule has 3 aliphatic rings. The van der Waals surface area contributed by atoms with Crippen LogP contribution in [-0.2, 0) is 41.5 Å². The number of Topliss-reactive ketones (excluding diaryl/α,β-unsaturated/α-hetero) is 1. The average molecular weight is 518 g/mol. The maximum Gasteiger partial charge on any atom is 0.344 e. The monoisotopic (exact) mass is 518 g/mol. The Morgan fingerprint density at radius 3 is 1.78 bits per heavy atom. The van der Waals surface area contributed by atoms with Gasteiger partial charge in [-0.25, -0.2) is 13.6 Å². The van der Waals surface area contributed by atoms with E-state index in [4.69, 9.17) is 24.1 Å². The number of hydrogen-bond acceptors (Lipinski definition) is 8. The molecule has 2 aromatic carbocycles. The van der Waals surface area contributed by atoms with Gasteiger partial charge in [-0.3, -0.25) is 14.4 Å². The third-order valence-electron chi connectivity index (χ3n) is 5.98. The third-order valence-corrected chi connectivity index (χ3v) is 5.98. The van der Waals surface area contributed by atoms with Crippen molar-refractivity contribution in [1.82, 2.24) is 0 Å². The molecule has 0 radical (unpaired) electrons. The van der Waals surface area contributed by atoms with Crippen LogP contribution in [0.1, 0.15) is 37.8 Å². The number of benzene rings is 2. The van der Waals surface area contributed by atoms with E-state index in [1.807, 2.05) is 0 Å².